The van der Waals surface area contributed by atoms with Crippen LogP contribution >= 0.6 is 0 Å². The van der Waals surface area contributed by atoms with Gasteiger partial charge in [-0.2, -0.15) is 0 Å². The zero-order chi connectivity index (χ0) is 26.5. The highest BCUT2D eigenvalue weighted by atomic mass is 14.7. The lowest BCUT2D eigenvalue weighted by Gasteiger charge is -2.13. The number of nitrogens with zero attached hydrogens (tertiary/aromatic N) is 1. The van der Waals surface area contributed by atoms with Crippen LogP contribution in [0.2, 0.25) is 0 Å². The zero-order valence-electron chi connectivity index (χ0n) is 21.9. The van der Waals surface area contributed by atoms with E-state index in [-0.39, 0.29) is 0 Å². The first kappa shape index (κ1) is 22.7. The van der Waals surface area contributed by atoms with E-state index in [1.807, 2.05) is 0 Å². The summed E-state index contributed by atoms with van der Waals surface area (Å²) in [6, 6.07) is 54.4. The summed E-state index contributed by atoms with van der Waals surface area (Å²) in [5.74, 6) is 0. The van der Waals surface area contributed by atoms with Gasteiger partial charge in [0.15, 0.2) is 0 Å². The predicted molar refractivity (Wildman–Crippen MR) is 171 cm³/mol. The van der Waals surface area contributed by atoms with E-state index in [9.17, 15) is 0 Å². The molecule has 0 radical (unpaired) electrons. The molecule has 1 heterocycles. The largest absolute Gasteiger partial charge is 0.247 e. The van der Waals surface area contributed by atoms with Gasteiger partial charge in [0, 0.05) is 21.7 Å². The van der Waals surface area contributed by atoms with Crippen molar-refractivity contribution in [1.29, 1.82) is 0 Å². The van der Waals surface area contributed by atoms with E-state index < -0.39 is 0 Å². The van der Waals surface area contributed by atoms with E-state index in [2.05, 4.69) is 152 Å². The fourth-order valence-corrected chi connectivity index (χ4v) is 5.99. The van der Waals surface area contributed by atoms with Crippen molar-refractivity contribution in [2.24, 2.45) is 0 Å². The van der Waals surface area contributed by atoms with Gasteiger partial charge >= 0.3 is 0 Å². The van der Waals surface area contributed by atoms with Gasteiger partial charge in [-0.15, -0.1) is 0 Å². The summed E-state index contributed by atoms with van der Waals surface area (Å²) >= 11 is 0. The van der Waals surface area contributed by atoms with Gasteiger partial charge in [0.2, 0.25) is 0 Å². The lowest BCUT2D eigenvalue weighted by molar-refractivity contribution is 1.43. The Labute approximate surface area is 233 Å². The Kier molecular flexibility index (Phi) is 5.21. The Morgan fingerprint density at radius 2 is 0.850 bits per heavy atom. The summed E-state index contributed by atoms with van der Waals surface area (Å²) in [5.41, 5.74) is 8.05. The molecule has 0 saturated heterocycles. The molecule has 8 rings (SSSR count). The molecule has 1 aromatic heterocycles. The Bertz CT molecular complexity index is 2170. The molecule has 0 bridgehead atoms. The molecule has 8 aromatic rings. The van der Waals surface area contributed by atoms with E-state index in [0.717, 1.165) is 16.8 Å². The van der Waals surface area contributed by atoms with Gasteiger partial charge in [0.05, 0.1) is 11.2 Å². The predicted octanol–water partition coefficient (Wildman–Crippen LogP) is 10.7. The molecule has 0 aliphatic rings. The van der Waals surface area contributed by atoms with Crippen LogP contribution < -0.4 is 0 Å². The van der Waals surface area contributed by atoms with Crippen molar-refractivity contribution in [3.05, 3.63) is 152 Å². The molecule has 0 N–H and O–H groups in total. The third kappa shape index (κ3) is 3.75. The van der Waals surface area contributed by atoms with Gasteiger partial charge in [0.1, 0.15) is 0 Å². The number of fused-ring (bicyclic) bond motifs is 6. The minimum absolute atomic E-state index is 1.02. The molecule has 40 heavy (non-hydrogen) atoms. The first-order valence-corrected chi connectivity index (χ1v) is 13.7. The molecular formula is C39H25N. The quantitative estimate of drug-likeness (QED) is 0.217. The van der Waals surface area contributed by atoms with Crippen LogP contribution in [0, 0.1) is 0 Å². The summed E-state index contributed by atoms with van der Waals surface area (Å²) in [6.07, 6.45) is 0. The maximum Gasteiger partial charge on any atom is 0.0788 e. The van der Waals surface area contributed by atoms with Crippen molar-refractivity contribution in [2.45, 2.75) is 0 Å². The Hall–Kier alpha value is -5.27. The second-order valence-corrected chi connectivity index (χ2v) is 10.4. The molecule has 0 unspecified atom stereocenters. The first-order valence-electron chi connectivity index (χ1n) is 13.7. The van der Waals surface area contributed by atoms with Crippen molar-refractivity contribution in [3.8, 4) is 33.5 Å². The summed E-state index contributed by atoms with van der Waals surface area (Å²) in [7, 11) is 0. The van der Waals surface area contributed by atoms with Crippen LogP contribution in [0.4, 0.5) is 0 Å². The highest BCUT2D eigenvalue weighted by molar-refractivity contribution is 6.22. The molecule has 1 heteroatoms. The number of hydrogen-bond donors (Lipinski definition) is 0. The van der Waals surface area contributed by atoms with Crippen LogP contribution in [0.15, 0.2) is 152 Å². The van der Waals surface area contributed by atoms with E-state index in [0.29, 0.717) is 0 Å². The minimum Gasteiger partial charge on any atom is -0.247 e. The van der Waals surface area contributed by atoms with Crippen molar-refractivity contribution in [3.63, 3.8) is 0 Å². The normalized spacial score (nSPS) is 11.5. The van der Waals surface area contributed by atoms with E-state index in [1.165, 1.54) is 60.0 Å². The summed E-state index contributed by atoms with van der Waals surface area (Å²) < 4.78 is 0. The molecule has 0 saturated carbocycles. The summed E-state index contributed by atoms with van der Waals surface area (Å²) in [4.78, 5) is 5.15. The molecule has 186 valence electrons. The summed E-state index contributed by atoms with van der Waals surface area (Å²) in [6.45, 7) is 0. The van der Waals surface area contributed by atoms with Crippen LogP contribution in [0.3, 0.4) is 0 Å². The molecule has 7 aromatic carbocycles. The molecule has 0 amide bonds. The van der Waals surface area contributed by atoms with Gasteiger partial charge in [-0.3, -0.25) is 0 Å². The second kappa shape index (κ2) is 9.18. The fraction of sp³-hybridized carbons (Fsp3) is 0. The molecule has 0 aliphatic carbocycles. The molecular weight excluding hydrogens is 482 g/mol. The average molecular weight is 508 g/mol. The Morgan fingerprint density at radius 3 is 1.60 bits per heavy atom. The van der Waals surface area contributed by atoms with E-state index >= 15 is 0 Å². The van der Waals surface area contributed by atoms with Crippen LogP contribution in [0.1, 0.15) is 0 Å². The van der Waals surface area contributed by atoms with E-state index in [4.69, 9.17) is 4.98 Å². The second-order valence-electron chi connectivity index (χ2n) is 10.4. The van der Waals surface area contributed by atoms with Crippen LogP contribution in [0.5, 0.6) is 0 Å². The standard InChI is InChI=1S/C39H25N/c1-2-9-32-25-33(22-19-26(32)7-1)29-15-13-27(14-16-29)28-17-20-31(21-18-28)39-36-24-23-30-8-3-4-10-34(30)38(36)35-11-5-6-12-37(35)40-39/h1-25H. The first-order chi connectivity index (χ1) is 19.8. The van der Waals surface area contributed by atoms with E-state index in [1.54, 1.807) is 0 Å². The van der Waals surface area contributed by atoms with Crippen LogP contribution in [-0.4, -0.2) is 4.98 Å². The van der Waals surface area contributed by atoms with Crippen molar-refractivity contribution < 1.29 is 0 Å². The summed E-state index contributed by atoms with van der Waals surface area (Å²) in [5, 5.41) is 8.70. The maximum atomic E-state index is 5.15. The zero-order valence-corrected chi connectivity index (χ0v) is 21.9. The smallest absolute Gasteiger partial charge is 0.0788 e. The molecule has 0 atom stereocenters. The van der Waals surface area contributed by atoms with Crippen LogP contribution in [0.25, 0.3) is 76.7 Å². The van der Waals surface area contributed by atoms with Crippen molar-refractivity contribution in [2.75, 3.05) is 0 Å². The number of hydrogen-bond acceptors (Lipinski definition) is 1. The van der Waals surface area contributed by atoms with Gasteiger partial charge in [0.25, 0.3) is 0 Å². The number of pyridine rings is 1. The topological polar surface area (TPSA) is 12.9 Å². The number of rotatable bonds is 3. The number of para-hydroxylation sites is 1. The highest BCUT2D eigenvalue weighted by Gasteiger charge is 2.13. The van der Waals surface area contributed by atoms with Gasteiger partial charge in [-0.1, -0.05) is 140 Å². The monoisotopic (exact) mass is 507 g/mol. The van der Waals surface area contributed by atoms with Gasteiger partial charge in [-0.05, 0) is 55.9 Å². The fourth-order valence-electron chi connectivity index (χ4n) is 5.99. The molecule has 0 spiro atoms. The number of benzene rings is 7. The highest BCUT2D eigenvalue weighted by Crippen LogP contribution is 2.37. The van der Waals surface area contributed by atoms with Crippen molar-refractivity contribution in [1.82, 2.24) is 4.98 Å². The molecule has 0 aliphatic heterocycles. The Morgan fingerprint density at radius 1 is 0.325 bits per heavy atom. The Balaban J connectivity index is 1.18. The van der Waals surface area contributed by atoms with Gasteiger partial charge in [-0.25, -0.2) is 4.98 Å². The van der Waals surface area contributed by atoms with Gasteiger partial charge < -0.3 is 0 Å². The lowest BCUT2D eigenvalue weighted by atomic mass is 9.94. The third-order valence-electron chi connectivity index (χ3n) is 8.05. The molecule has 1 nitrogen and oxygen atoms in total. The average Bonchev–Trinajstić information content (AvgIpc) is 3.04. The SMILES string of the molecule is c1ccc2cc(-c3ccc(-c4ccc(-c5nc6ccccc6c6c5ccc5ccccc56)cc4)cc3)ccc2c1. The minimum atomic E-state index is 1.02. The third-order valence-corrected chi connectivity index (χ3v) is 8.05. The van der Waals surface area contributed by atoms with Crippen molar-refractivity contribution >= 4 is 43.2 Å². The number of aromatic nitrogens is 1. The molecule has 0 fully saturated rings. The van der Waals surface area contributed by atoms with Crippen LogP contribution in [-0.2, 0) is 0 Å². The maximum absolute atomic E-state index is 5.15. The lowest BCUT2D eigenvalue weighted by Crippen LogP contribution is -1.91.